The first-order valence-corrected chi connectivity index (χ1v) is 15.6. The van der Waals surface area contributed by atoms with Crippen molar-refractivity contribution >= 4 is 0 Å². The van der Waals surface area contributed by atoms with Crippen LogP contribution in [0.3, 0.4) is 0 Å². The molecule has 0 amide bonds. The van der Waals surface area contributed by atoms with Crippen LogP contribution < -0.4 is 0 Å². The van der Waals surface area contributed by atoms with Gasteiger partial charge in [-0.25, -0.2) is 0 Å². The minimum absolute atomic E-state index is 0.0237. The summed E-state index contributed by atoms with van der Waals surface area (Å²) in [6, 6.07) is 20.9. The molecule has 2 aromatic carbocycles. The third-order valence-corrected chi connectivity index (χ3v) is 12.4. The fourth-order valence-corrected chi connectivity index (χ4v) is 10.1. The third-order valence-electron chi connectivity index (χ3n) is 12.4. The normalized spacial score (nSPS) is 38.8. The average molecular weight is 549 g/mol. The van der Waals surface area contributed by atoms with Crippen molar-refractivity contribution in [1.29, 1.82) is 0 Å². The highest BCUT2D eigenvalue weighted by Gasteiger charge is 2.68. The maximum absolute atomic E-state index is 11.6. The van der Waals surface area contributed by atoms with Crippen LogP contribution in [0, 0.1) is 39.4 Å². The van der Waals surface area contributed by atoms with Gasteiger partial charge in [0.15, 0.2) is 0 Å². The zero-order valence-corrected chi connectivity index (χ0v) is 25.4. The monoisotopic (exact) mass is 548 g/mol. The quantitative estimate of drug-likeness (QED) is 0.342. The minimum Gasteiger partial charge on any atom is -0.396 e. The lowest BCUT2D eigenvalue weighted by atomic mass is 9.34. The second-order valence-corrected chi connectivity index (χ2v) is 14.4. The fourth-order valence-electron chi connectivity index (χ4n) is 10.1. The van der Waals surface area contributed by atoms with Crippen molar-refractivity contribution in [3.8, 4) is 0 Å². The Balaban J connectivity index is 1.41. The Labute approximate surface area is 242 Å². The van der Waals surface area contributed by atoms with Gasteiger partial charge in [0, 0.05) is 12.0 Å². The van der Waals surface area contributed by atoms with Crippen LogP contribution in [0.5, 0.6) is 0 Å². The van der Waals surface area contributed by atoms with Crippen molar-refractivity contribution in [3.05, 3.63) is 71.8 Å². The van der Waals surface area contributed by atoms with E-state index in [2.05, 4.69) is 89.2 Å². The molecule has 0 aromatic heterocycles. The SMILES string of the molecule is CC1C(O)C[C@H]2[C@]3(C)CC[C@@H](OCc4ccccc4)C(C)(C)[C@H]3CC[C@]2(C)[C@@]1(CCO)COCc1ccccc1. The van der Waals surface area contributed by atoms with Gasteiger partial charge in [-0.05, 0) is 83.7 Å². The van der Waals surface area contributed by atoms with Gasteiger partial charge in [-0.2, -0.15) is 0 Å². The number of ether oxygens (including phenoxy) is 2. The summed E-state index contributed by atoms with van der Waals surface area (Å²) in [6.45, 7) is 14.0. The highest BCUT2D eigenvalue weighted by atomic mass is 16.5. The zero-order valence-electron chi connectivity index (χ0n) is 25.4. The van der Waals surface area contributed by atoms with Gasteiger partial charge in [-0.1, -0.05) is 95.3 Å². The van der Waals surface area contributed by atoms with Crippen LogP contribution in [-0.4, -0.2) is 35.6 Å². The van der Waals surface area contributed by atoms with Gasteiger partial charge in [0.1, 0.15) is 0 Å². The molecule has 0 spiro atoms. The maximum Gasteiger partial charge on any atom is 0.0720 e. The van der Waals surface area contributed by atoms with Crippen molar-refractivity contribution in [2.24, 2.45) is 39.4 Å². The predicted molar refractivity (Wildman–Crippen MR) is 160 cm³/mol. The molecule has 5 rings (SSSR count). The summed E-state index contributed by atoms with van der Waals surface area (Å²) < 4.78 is 13.2. The third kappa shape index (κ3) is 4.97. The second-order valence-electron chi connectivity index (χ2n) is 14.4. The first kappa shape index (κ1) is 29.8. The van der Waals surface area contributed by atoms with Crippen molar-refractivity contribution in [2.45, 2.75) is 98.6 Å². The Hall–Kier alpha value is -1.72. The van der Waals surface area contributed by atoms with Gasteiger partial charge >= 0.3 is 0 Å². The molecule has 0 radical (unpaired) electrons. The van der Waals surface area contributed by atoms with E-state index in [1.165, 1.54) is 11.1 Å². The van der Waals surface area contributed by atoms with Crippen LogP contribution in [-0.2, 0) is 22.7 Å². The molecule has 8 atom stereocenters. The van der Waals surface area contributed by atoms with E-state index in [1.54, 1.807) is 0 Å². The molecular formula is C36H52O4. The molecule has 3 aliphatic rings. The highest BCUT2D eigenvalue weighted by Crippen LogP contribution is 2.73. The van der Waals surface area contributed by atoms with E-state index < -0.39 is 6.10 Å². The summed E-state index contributed by atoms with van der Waals surface area (Å²) >= 11 is 0. The Morgan fingerprint density at radius 1 is 0.825 bits per heavy atom. The maximum atomic E-state index is 11.6. The number of rotatable bonds is 9. The van der Waals surface area contributed by atoms with Gasteiger partial charge < -0.3 is 19.7 Å². The molecule has 2 N–H and O–H groups in total. The van der Waals surface area contributed by atoms with Crippen LogP contribution >= 0.6 is 0 Å². The van der Waals surface area contributed by atoms with E-state index >= 15 is 0 Å². The molecule has 4 heteroatoms. The van der Waals surface area contributed by atoms with Crippen LogP contribution in [0.15, 0.2) is 60.7 Å². The molecular weight excluding hydrogens is 496 g/mol. The van der Waals surface area contributed by atoms with Gasteiger partial charge in [-0.3, -0.25) is 0 Å². The van der Waals surface area contributed by atoms with Crippen LogP contribution in [0.25, 0.3) is 0 Å². The number of benzene rings is 2. The first-order valence-electron chi connectivity index (χ1n) is 15.6. The van der Waals surface area contributed by atoms with E-state index in [1.807, 2.05) is 6.07 Å². The van der Waals surface area contributed by atoms with E-state index in [0.29, 0.717) is 38.1 Å². The molecule has 0 saturated heterocycles. The van der Waals surface area contributed by atoms with Crippen LogP contribution in [0.4, 0.5) is 0 Å². The molecule has 3 fully saturated rings. The molecule has 40 heavy (non-hydrogen) atoms. The number of hydrogen-bond donors (Lipinski definition) is 2. The topological polar surface area (TPSA) is 58.9 Å². The summed E-state index contributed by atoms with van der Waals surface area (Å²) in [7, 11) is 0. The van der Waals surface area contributed by atoms with Crippen molar-refractivity contribution in [1.82, 2.24) is 0 Å². The minimum atomic E-state index is -0.393. The lowest BCUT2D eigenvalue weighted by molar-refractivity contribution is -0.265. The molecule has 4 nitrogen and oxygen atoms in total. The zero-order chi connectivity index (χ0) is 28.6. The molecule has 2 unspecified atom stereocenters. The molecule has 0 bridgehead atoms. The van der Waals surface area contributed by atoms with Gasteiger partial charge in [0.05, 0.1) is 32.0 Å². The molecule has 3 saturated carbocycles. The smallest absolute Gasteiger partial charge is 0.0720 e. The Morgan fingerprint density at radius 3 is 2.08 bits per heavy atom. The fraction of sp³-hybridized carbons (Fsp3) is 0.667. The number of hydrogen-bond acceptors (Lipinski definition) is 4. The Morgan fingerprint density at radius 2 is 1.45 bits per heavy atom. The van der Waals surface area contributed by atoms with E-state index in [4.69, 9.17) is 9.47 Å². The van der Waals surface area contributed by atoms with E-state index in [9.17, 15) is 10.2 Å². The molecule has 3 aliphatic carbocycles. The molecule has 220 valence electrons. The van der Waals surface area contributed by atoms with E-state index in [-0.39, 0.29) is 40.3 Å². The molecule has 0 aliphatic heterocycles. The highest BCUT2D eigenvalue weighted by molar-refractivity contribution is 5.18. The van der Waals surface area contributed by atoms with Crippen molar-refractivity contribution < 1.29 is 19.7 Å². The van der Waals surface area contributed by atoms with Gasteiger partial charge in [-0.15, -0.1) is 0 Å². The number of fused-ring (bicyclic) bond motifs is 3. The summed E-state index contributed by atoms with van der Waals surface area (Å²) in [5, 5.41) is 22.1. The Kier molecular flexibility index (Phi) is 8.57. The summed E-state index contributed by atoms with van der Waals surface area (Å²) in [5.74, 6) is 0.951. The van der Waals surface area contributed by atoms with Crippen LogP contribution in [0.2, 0.25) is 0 Å². The lowest BCUT2D eigenvalue weighted by Gasteiger charge is -2.71. The molecule has 0 heterocycles. The van der Waals surface area contributed by atoms with Crippen LogP contribution in [0.1, 0.15) is 84.3 Å². The van der Waals surface area contributed by atoms with Crippen molar-refractivity contribution in [3.63, 3.8) is 0 Å². The van der Waals surface area contributed by atoms with E-state index in [0.717, 1.165) is 32.1 Å². The summed E-state index contributed by atoms with van der Waals surface area (Å²) in [4.78, 5) is 0. The summed E-state index contributed by atoms with van der Waals surface area (Å²) in [6.07, 6.45) is 5.73. The van der Waals surface area contributed by atoms with Gasteiger partial charge in [0.25, 0.3) is 0 Å². The molecule has 2 aromatic rings. The number of aliphatic hydroxyl groups is 2. The standard InChI is InChI=1S/C36H52O4/c1-26-29(38)22-31-34(4)18-17-32(40-24-28-14-10-7-11-15-28)33(2,3)30(34)16-19-35(31,5)36(26,20-21-37)25-39-23-27-12-8-6-9-13-27/h6-15,26,29-32,37-38H,16-25H2,1-5H3/t26?,29?,30-,31+,32-,34-,35+,36+/m1/s1. The second kappa shape index (κ2) is 11.5. The first-order chi connectivity index (χ1) is 19.1. The average Bonchev–Trinajstić information content (AvgIpc) is 2.94. The predicted octanol–water partition coefficient (Wildman–Crippen LogP) is 7.42. The summed E-state index contributed by atoms with van der Waals surface area (Å²) in [5.41, 5.74) is 2.24. The number of aliphatic hydroxyl groups excluding tert-OH is 2. The lowest BCUT2D eigenvalue weighted by Crippen LogP contribution is -2.68. The van der Waals surface area contributed by atoms with Gasteiger partial charge in [0.2, 0.25) is 0 Å². The Bertz CT molecular complexity index is 1100. The largest absolute Gasteiger partial charge is 0.396 e. The van der Waals surface area contributed by atoms with Crippen molar-refractivity contribution in [2.75, 3.05) is 13.2 Å².